The third kappa shape index (κ3) is 5.06. The van der Waals surface area contributed by atoms with E-state index in [9.17, 15) is 9.50 Å². The van der Waals surface area contributed by atoms with Gasteiger partial charge in [0.05, 0.1) is 30.6 Å². The molecule has 2 N–H and O–H groups in total. The molecule has 1 aromatic carbocycles. The Hall–Kier alpha value is -1.89. The molecule has 2 atom stereocenters. The summed E-state index contributed by atoms with van der Waals surface area (Å²) in [5.74, 6) is 0.391. The Balaban J connectivity index is 1.60. The molecule has 24 heavy (non-hydrogen) atoms. The molecule has 0 saturated heterocycles. The molecule has 1 aromatic heterocycles. The molecule has 5 nitrogen and oxygen atoms in total. The van der Waals surface area contributed by atoms with E-state index in [4.69, 9.17) is 4.74 Å². The fraction of sp³-hybridized carbons (Fsp3) is 0.444. The van der Waals surface area contributed by atoms with E-state index in [1.54, 1.807) is 30.7 Å². The van der Waals surface area contributed by atoms with Gasteiger partial charge in [-0.1, -0.05) is 12.1 Å². The molecule has 1 fully saturated rings. The van der Waals surface area contributed by atoms with Gasteiger partial charge in [-0.05, 0) is 36.5 Å². The van der Waals surface area contributed by atoms with E-state index in [1.807, 2.05) is 0 Å². The van der Waals surface area contributed by atoms with Crippen molar-refractivity contribution in [1.29, 1.82) is 0 Å². The molecule has 2 aromatic rings. The van der Waals surface area contributed by atoms with E-state index < -0.39 is 6.10 Å². The minimum Gasteiger partial charge on any atom is -0.389 e. The molecule has 0 spiro atoms. The average molecular weight is 331 g/mol. The molecule has 1 saturated carbocycles. The van der Waals surface area contributed by atoms with Crippen LogP contribution in [-0.4, -0.2) is 40.9 Å². The first-order valence-corrected chi connectivity index (χ1v) is 8.23. The number of benzene rings is 1. The Morgan fingerprint density at radius 2 is 2.04 bits per heavy atom. The minimum atomic E-state index is -0.608. The van der Waals surface area contributed by atoms with Crippen molar-refractivity contribution in [2.75, 3.05) is 19.8 Å². The zero-order valence-corrected chi connectivity index (χ0v) is 13.4. The van der Waals surface area contributed by atoms with Crippen molar-refractivity contribution < 1.29 is 14.2 Å². The highest BCUT2D eigenvalue weighted by atomic mass is 19.1. The number of aliphatic hydroxyl groups is 1. The fourth-order valence-corrected chi connectivity index (χ4v) is 2.48. The van der Waals surface area contributed by atoms with Crippen LogP contribution in [0.2, 0.25) is 0 Å². The fourth-order valence-electron chi connectivity index (χ4n) is 2.48. The molecule has 0 amide bonds. The number of halogens is 1. The Morgan fingerprint density at radius 1 is 1.25 bits per heavy atom. The monoisotopic (exact) mass is 331 g/mol. The largest absolute Gasteiger partial charge is 0.389 e. The van der Waals surface area contributed by atoms with Gasteiger partial charge in [0.15, 0.2) is 0 Å². The lowest BCUT2D eigenvalue weighted by Crippen LogP contribution is -2.34. The van der Waals surface area contributed by atoms with E-state index in [0.29, 0.717) is 19.1 Å². The number of hydrogen-bond acceptors (Lipinski definition) is 5. The van der Waals surface area contributed by atoms with Crippen LogP contribution in [0.3, 0.4) is 0 Å². The summed E-state index contributed by atoms with van der Waals surface area (Å²) >= 11 is 0. The van der Waals surface area contributed by atoms with Crippen LogP contribution in [0.15, 0.2) is 42.9 Å². The molecule has 3 rings (SSSR count). The summed E-state index contributed by atoms with van der Waals surface area (Å²) in [5, 5.41) is 13.4. The number of hydrogen-bond donors (Lipinski definition) is 2. The number of aliphatic hydroxyl groups excluding tert-OH is 1. The van der Waals surface area contributed by atoms with Gasteiger partial charge >= 0.3 is 0 Å². The van der Waals surface area contributed by atoms with E-state index in [0.717, 1.165) is 17.9 Å². The predicted molar refractivity (Wildman–Crippen MR) is 87.8 cm³/mol. The van der Waals surface area contributed by atoms with E-state index in [-0.39, 0.29) is 11.9 Å². The molecule has 0 bridgehead atoms. The van der Waals surface area contributed by atoms with Crippen molar-refractivity contribution in [3.8, 4) is 0 Å². The first-order chi connectivity index (χ1) is 11.7. The molecule has 6 heteroatoms. The van der Waals surface area contributed by atoms with Gasteiger partial charge in [0.25, 0.3) is 0 Å². The molecule has 0 radical (unpaired) electrons. The van der Waals surface area contributed by atoms with Crippen molar-refractivity contribution in [1.82, 2.24) is 15.3 Å². The van der Waals surface area contributed by atoms with Crippen LogP contribution in [0.4, 0.5) is 4.39 Å². The maximum atomic E-state index is 13.2. The summed E-state index contributed by atoms with van der Waals surface area (Å²) in [5.41, 5.74) is 1.58. The lowest BCUT2D eigenvalue weighted by atomic mass is 10.0. The molecular formula is C18H22FN3O2. The Kier molecular flexibility index (Phi) is 5.85. The van der Waals surface area contributed by atoms with Gasteiger partial charge in [0, 0.05) is 25.5 Å². The summed E-state index contributed by atoms with van der Waals surface area (Å²) in [6, 6.07) is 5.97. The highest BCUT2D eigenvalue weighted by molar-refractivity contribution is 5.26. The van der Waals surface area contributed by atoms with Gasteiger partial charge < -0.3 is 15.2 Å². The quantitative estimate of drug-likeness (QED) is 0.736. The van der Waals surface area contributed by atoms with Crippen LogP contribution in [-0.2, 0) is 4.74 Å². The molecule has 2 unspecified atom stereocenters. The van der Waals surface area contributed by atoms with Gasteiger partial charge in [-0.25, -0.2) is 4.39 Å². The van der Waals surface area contributed by atoms with Gasteiger partial charge in [-0.2, -0.15) is 0 Å². The average Bonchev–Trinajstić information content (AvgIpc) is 3.42. The van der Waals surface area contributed by atoms with Crippen molar-refractivity contribution >= 4 is 0 Å². The van der Waals surface area contributed by atoms with Gasteiger partial charge in [0.1, 0.15) is 5.82 Å². The molecule has 1 aliphatic rings. The normalized spacial score (nSPS) is 16.8. The van der Waals surface area contributed by atoms with E-state index >= 15 is 0 Å². The third-order valence-electron chi connectivity index (χ3n) is 4.00. The van der Waals surface area contributed by atoms with Crippen molar-refractivity contribution in [2.45, 2.75) is 25.0 Å². The SMILES string of the molecule is OC(CNC(c1ccc(F)cc1)c1cnccn1)COCC1CC1. The summed E-state index contributed by atoms with van der Waals surface area (Å²) in [6.07, 6.45) is 6.73. The Morgan fingerprint density at radius 3 is 2.71 bits per heavy atom. The summed E-state index contributed by atoms with van der Waals surface area (Å²) < 4.78 is 18.7. The third-order valence-corrected chi connectivity index (χ3v) is 4.00. The second-order valence-corrected chi connectivity index (χ2v) is 6.16. The topological polar surface area (TPSA) is 67.3 Å². The zero-order valence-electron chi connectivity index (χ0n) is 13.4. The smallest absolute Gasteiger partial charge is 0.123 e. The first-order valence-electron chi connectivity index (χ1n) is 8.23. The number of aromatic nitrogens is 2. The molecular weight excluding hydrogens is 309 g/mol. The number of nitrogens with one attached hydrogen (secondary N) is 1. The highest BCUT2D eigenvalue weighted by Gasteiger charge is 2.22. The van der Waals surface area contributed by atoms with Crippen LogP contribution < -0.4 is 5.32 Å². The summed E-state index contributed by atoms with van der Waals surface area (Å²) in [6.45, 7) is 1.38. The van der Waals surface area contributed by atoms with Gasteiger partial charge in [-0.3, -0.25) is 9.97 Å². The predicted octanol–water partition coefficient (Wildman–Crippen LogP) is 2.08. The van der Waals surface area contributed by atoms with Crippen LogP contribution in [0.25, 0.3) is 0 Å². The summed E-state index contributed by atoms with van der Waals surface area (Å²) in [7, 11) is 0. The Bertz CT molecular complexity index is 620. The van der Waals surface area contributed by atoms with Crippen LogP contribution in [0.5, 0.6) is 0 Å². The minimum absolute atomic E-state index is 0.266. The molecule has 1 aliphatic carbocycles. The number of nitrogens with zero attached hydrogens (tertiary/aromatic N) is 2. The number of ether oxygens (including phenoxy) is 1. The lowest BCUT2D eigenvalue weighted by molar-refractivity contribution is 0.0317. The Labute approximate surface area is 140 Å². The van der Waals surface area contributed by atoms with Crippen molar-refractivity contribution in [2.24, 2.45) is 5.92 Å². The van der Waals surface area contributed by atoms with Crippen molar-refractivity contribution in [3.63, 3.8) is 0 Å². The maximum Gasteiger partial charge on any atom is 0.123 e. The van der Waals surface area contributed by atoms with Gasteiger partial charge in [-0.15, -0.1) is 0 Å². The van der Waals surface area contributed by atoms with E-state index in [2.05, 4.69) is 15.3 Å². The van der Waals surface area contributed by atoms with Crippen LogP contribution in [0.1, 0.15) is 30.1 Å². The van der Waals surface area contributed by atoms with Crippen LogP contribution >= 0.6 is 0 Å². The van der Waals surface area contributed by atoms with Gasteiger partial charge in [0.2, 0.25) is 0 Å². The maximum absolute atomic E-state index is 13.2. The highest BCUT2D eigenvalue weighted by Crippen LogP contribution is 2.28. The second-order valence-electron chi connectivity index (χ2n) is 6.16. The van der Waals surface area contributed by atoms with E-state index in [1.165, 1.54) is 25.0 Å². The zero-order chi connectivity index (χ0) is 16.8. The molecule has 0 aliphatic heterocycles. The molecule has 128 valence electrons. The molecule has 1 heterocycles. The van der Waals surface area contributed by atoms with Crippen LogP contribution in [0, 0.1) is 11.7 Å². The first kappa shape index (κ1) is 17.0. The standard InChI is InChI=1S/C18H22FN3O2/c19-15-5-3-14(4-6-15)18(17-10-20-7-8-21-17)22-9-16(23)12-24-11-13-1-2-13/h3-8,10,13,16,18,22-23H,1-2,9,11-12H2. The summed E-state index contributed by atoms with van der Waals surface area (Å²) in [4.78, 5) is 8.41. The lowest BCUT2D eigenvalue weighted by Gasteiger charge is -2.20. The second kappa shape index (κ2) is 8.28. The number of rotatable bonds is 9. The van der Waals surface area contributed by atoms with Crippen molar-refractivity contribution in [3.05, 3.63) is 59.9 Å².